The molecular formula is C6H7N3. The molecule has 3 heteroatoms. The van der Waals surface area contributed by atoms with Crippen molar-refractivity contribution in [3.05, 3.63) is 24.4 Å². The summed E-state index contributed by atoms with van der Waals surface area (Å²) in [7, 11) is 0. The van der Waals surface area contributed by atoms with Crippen LogP contribution in [0.1, 0.15) is 0 Å². The van der Waals surface area contributed by atoms with Gasteiger partial charge in [0.1, 0.15) is 6.07 Å². The Morgan fingerprint density at radius 2 is 2.11 bits per heavy atom. The normalized spacial score (nSPS) is 7.00. The summed E-state index contributed by atoms with van der Waals surface area (Å²) in [5.74, 6) is 0. The van der Waals surface area contributed by atoms with E-state index in [1.807, 2.05) is 0 Å². The molecule has 0 aliphatic rings. The minimum absolute atomic E-state index is 0.266. The first-order chi connectivity index (χ1) is 4.22. The van der Waals surface area contributed by atoms with E-state index in [2.05, 4.69) is 30.4 Å². The Bertz CT molecular complexity index is 185. The second kappa shape index (κ2) is 3.44. The Morgan fingerprint density at radius 1 is 1.56 bits per heavy atom. The molecule has 9 heavy (non-hydrogen) atoms. The second-order valence-corrected chi connectivity index (χ2v) is 1.34. The molecule has 0 aromatic heterocycles. The highest BCUT2D eigenvalue weighted by molar-refractivity contribution is 5.36. The van der Waals surface area contributed by atoms with Gasteiger partial charge in [0.05, 0.1) is 11.3 Å². The molecule has 0 unspecified atom stereocenters. The van der Waals surface area contributed by atoms with Crippen molar-refractivity contribution in [2.45, 2.75) is 0 Å². The maximum Gasteiger partial charge on any atom is 0.101 e. The molecule has 0 aliphatic heterocycles. The molecule has 46 valence electrons. The van der Waals surface area contributed by atoms with E-state index in [9.17, 15) is 0 Å². The Hall–Kier alpha value is -1.56. The van der Waals surface area contributed by atoms with Crippen LogP contribution in [-0.4, -0.2) is 6.72 Å². The van der Waals surface area contributed by atoms with Gasteiger partial charge in [0.2, 0.25) is 0 Å². The summed E-state index contributed by atoms with van der Waals surface area (Å²) in [6.07, 6.45) is 0. The van der Waals surface area contributed by atoms with Gasteiger partial charge in [0.25, 0.3) is 0 Å². The van der Waals surface area contributed by atoms with E-state index < -0.39 is 0 Å². The summed E-state index contributed by atoms with van der Waals surface area (Å²) >= 11 is 0. The highest BCUT2D eigenvalue weighted by Gasteiger charge is 1.92. The fourth-order valence-electron chi connectivity index (χ4n) is 0.230. The standard InChI is InChI=1S/C6H7N3/c1-5(4-7)6(2)9-8-3/h9H,1-3H2. The first-order valence-electron chi connectivity index (χ1n) is 2.22. The number of allylic oxidation sites excluding steroid dienone is 1. The molecule has 0 aliphatic carbocycles. The molecule has 0 amide bonds. The van der Waals surface area contributed by atoms with E-state index in [0.29, 0.717) is 5.70 Å². The average molecular weight is 121 g/mol. The van der Waals surface area contributed by atoms with Crippen LogP contribution in [0.2, 0.25) is 0 Å². The Labute approximate surface area is 54.0 Å². The molecule has 0 fully saturated rings. The maximum absolute atomic E-state index is 8.22. The van der Waals surface area contributed by atoms with Crippen LogP contribution in [0.4, 0.5) is 0 Å². The fourth-order valence-corrected chi connectivity index (χ4v) is 0.230. The smallest absolute Gasteiger partial charge is 0.101 e. The summed E-state index contributed by atoms with van der Waals surface area (Å²) in [5, 5.41) is 11.5. The highest BCUT2D eigenvalue weighted by Crippen LogP contribution is 1.96. The quantitative estimate of drug-likeness (QED) is 0.259. The Balaban J connectivity index is 3.92. The molecule has 0 heterocycles. The van der Waals surface area contributed by atoms with Crippen LogP contribution in [0.15, 0.2) is 29.5 Å². The predicted molar refractivity (Wildman–Crippen MR) is 36.6 cm³/mol. The van der Waals surface area contributed by atoms with E-state index >= 15 is 0 Å². The van der Waals surface area contributed by atoms with Gasteiger partial charge in [-0.25, -0.2) is 0 Å². The maximum atomic E-state index is 8.22. The van der Waals surface area contributed by atoms with Gasteiger partial charge in [0.15, 0.2) is 0 Å². The number of rotatable bonds is 3. The zero-order valence-corrected chi connectivity index (χ0v) is 5.02. The van der Waals surface area contributed by atoms with Gasteiger partial charge < -0.3 is 0 Å². The van der Waals surface area contributed by atoms with Crippen molar-refractivity contribution >= 4 is 6.72 Å². The Morgan fingerprint density at radius 3 is 2.44 bits per heavy atom. The third-order valence-electron chi connectivity index (χ3n) is 0.713. The highest BCUT2D eigenvalue weighted by atomic mass is 15.3. The molecule has 0 aromatic rings. The number of hydrazone groups is 1. The lowest BCUT2D eigenvalue weighted by Crippen LogP contribution is -2.03. The number of nitrogens with zero attached hydrogens (tertiary/aromatic N) is 2. The van der Waals surface area contributed by atoms with Crippen LogP contribution in [0.3, 0.4) is 0 Å². The molecule has 0 aromatic carbocycles. The van der Waals surface area contributed by atoms with E-state index in [4.69, 9.17) is 5.26 Å². The summed E-state index contributed by atoms with van der Waals surface area (Å²) in [4.78, 5) is 0. The molecular weight excluding hydrogens is 114 g/mol. The summed E-state index contributed by atoms with van der Waals surface area (Å²) < 4.78 is 0. The predicted octanol–water partition coefficient (Wildman–Crippen LogP) is 0.785. The van der Waals surface area contributed by atoms with Crippen molar-refractivity contribution in [3.63, 3.8) is 0 Å². The molecule has 1 N–H and O–H groups in total. The Kier molecular flexibility index (Phi) is 2.85. The van der Waals surface area contributed by atoms with E-state index in [1.165, 1.54) is 0 Å². The first kappa shape index (κ1) is 7.44. The zero-order valence-electron chi connectivity index (χ0n) is 5.02. The first-order valence-corrected chi connectivity index (χ1v) is 2.22. The van der Waals surface area contributed by atoms with Gasteiger partial charge in [-0.3, -0.25) is 5.43 Å². The van der Waals surface area contributed by atoms with Gasteiger partial charge in [-0.15, -0.1) is 0 Å². The lowest BCUT2D eigenvalue weighted by Gasteiger charge is -1.97. The molecule has 0 spiro atoms. The van der Waals surface area contributed by atoms with Gasteiger partial charge in [-0.1, -0.05) is 13.2 Å². The van der Waals surface area contributed by atoms with E-state index in [0.717, 1.165) is 0 Å². The lowest BCUT2D eigenvalue weighted by atomic mass is 10.3. The molecule has 0 bridgehead atoms. The molecule has 0 rings (SSSR count). The average Bonchev–Trinajstić information content (AvgIpc) is 1.87. The monoisotopic (exact) mass is 121 g/mol. The summed E-state index contributed by atoms with van der Waals surface area (Å²) in [5.41, 5.74) is 3.04. The molecule has 0 saturated carbocycles. The number of hydrogen-bond donors (Lipinski definition) is 1. The van der Waals surface area contributed by atoms with Gasteiger partial charge in [-0.2, -0.15) is 10.4 Å². The van der Waals surface area contributed by atoms with Crippen LogP contribution >= 0.6 is 0 Å². The van der Waals surface area contributed by atoms with Crippen LogP contribution in [0, 0.1) is 11.3 Å². The van der Waals surface area contributed by atoms with Crippen molar-refractivity contribution in [1.82, 2.24) is 5.43 Å². The van der Waals surface area contributed by atoms with Crippen molar-refractivity contribution in [2.24, 2.45) is 5.10 Å². The van der Waals surface area contributed by atoms with Crippen LogP contribution < -0.4 is 5.43 Å². The number of nitrogens with one attached hydrogen (secondary N) is 1. The number of nitriles is 1. The van der Waals surface area contributed by atoms with Crippen LogP contribution in [-0.2, 0) is 0 Å². The SMILES string of the molecule is C=NNC(=C)C(=C)C#N. The van der Waals surface area contributed by atoms with Crippen LogP contribution in [0.5, 0.6) is 0 Å². The third-order valence-corrected chi connectivity index (χ3v) is 0.713. The van der Waals surface area contributed by atoms with Crippen LogP contribution in [0.25, 0.3) is 0 Å². The zero-order chi connectivity index (χ0) is 7.28. The topological polar surface area (TPSA) is 48.2 Å². The fraction of sp³-hybridized carbons (Fsp3) is 0. The third kappa shape index (κ3) is 2.29. The molecule has 0 radical (unpaired) electrons. The second-order valence-electron chi connectivity index (χ2n) is 1.34. The van der Waals surface area contributed by atoms with E-state index in [1.54, 1.807) is 6.07 Å². The minimum Gasteiger partial charge on any atom is -0.278 e. The summed E-state index contributed by atoms with van der Waals surface area (Å²) in [6.45, 7) is 9.97. The van der Waals surface area contributed by atoms with Gasteiger partial charge in [-0.05, 0) is 0 Å². The number of hydrogen-bond acceptors (Lipinski definition) is 3. The van der Waals surface area contributed by atoms with Crippen molar-refractivity contribution < 1.29 is 0 Å². The van der Waals surface area contributed by atoms with Crippen molar-refractivity contribution in [2.75, 3.05) is 0 Å². The summed E-state index contributed by atoms with van der Waals surface area (Å²) in [6, 6.07) is 1.81. The lowest BCUT2D eigenvalue weighted by molar-refractivity contribution is 0.924. The van der Waals surface area contributed by atoms with E-state index in [-0.39, 0.29) is 5.57 Å². The molecule has 0 atom stereocenters. The molecule has 3 nitrogen and oxygen atoms in total. The largest absolute Gasteiger partial charge is 0.278 e. The van der Waals surface area contributed by atoms with Gasteiger partial charge >= 0.3 is 0 Å². The van der Waals surface area contributed by atoms with Crippen molar-refractivity contribution in [1.29, 1.82) is 5.26 Å². The minimum atomic E-state index is 0.266. The van der Waals surface area contributed by atoms with Gasteiger partial charge in [0, 0.05) is 6.72 Å². The molecule has 0 saturated heterocycles. The van der Waals surface area contributed by atoms with Crippen molar-refractivity contribution in [3.8, 4) is 6.07 Å².